The van der Waals surface area contributed by atoms with Crippen LogP contribution in [0.15, 0.2) is 58.1 Å². The molecule has 0 spiro atoms. The number of nitrogens with one attached hydrogen (secondary N) is 1. The van der Waals surface area contributed by atoms with E-state index in [0.29, 0.717) is 22.2 Å². The highest BCUT2D eigenvalue weighted by atomic mass is 16.5. The molecule has 1 N–H and O–H groups in total. The van der Waals surface area contributed by atoms with Crippen LogP contribution in [0.25, 0.3) is 22.2 Å². The van der Waals surface area contributed by atoms with Crippen molar-refractivity contribution in [2.24, 2.45) is 7.05 Å². The Hall–Kier alpha value is -3.88. The van der Waals surface area contributed by atoms with Crippen LogP contribution in [0, 0.1) is 0 Å². The van der Waals surface area contributed by atoms with E-state index < -0.39 is 11.9 Å². The highest BCUT2D eigenvalue weighted by Gasteiger charge is 2.21. The highest BCUT2D eigenvalue weighted by Crippen LogP contribution is 2.19. The minimum absolute atomic E-state index is 0.150. The second kappa shape index (κ2) is 7.03. The van der Waals surface area contributed by atoms with Crippen LogP contribution in [0.5, 0.6) is 0 Å². The zero-order valence-corrected chi connectivity index (χ0v) is 15.2. The molecule has 4 rings (SSSR count). The van der Waals surface area contributed by atoms with Crippen LogP contribution in [0.4, 0.5) is 0 Å². The van der Waals surface area contributed by atoms with Crippen LogP contribution in [0.1, 0.15) is 29.3 Å². The predicted octanol–water partition coefficient (Wildman–Crippen LogP) is 1.87. The van der Waals surface area contributed by atoms with Crippen molar-refractivity contribution in [2.45, 2.75) is 13.0 Å². The van der Waals surface area contributed by atoms with Crippen molar-refractivity contribution >= 4 is 16.7 Å². The van der Waals surface area contributed by atoms with Gasteiger partial charge in [-0.25, -0.2) is 4.68 Å². The number of hydrogen-bond acceptors (Lipinski definition) is 7. The first-order valence-corrected chi connectivity index (χ1v) is 8.55. The first kappa shape index (κ1) is 17.5. The Bertz CT molecular complexity index is 1220. The van der Waals surface area contributed by atoms with Gasteiger partial charge < -0.3 is 9.84 Å². The van der Waals surface area contributed by atoms with Gasteiger partial charge in [0.25, 0.3) is 11.5 Å². The standard InChI is InChI=1S/C19H16N6O3/c1-11(18-22-16(24-28-18)12-6-5-9-20-10-12)21-17(26)15-13-7-3-4-8-14(13)19(27)25(2)23-15/h3-11H,1-2H3,(H,21,26)/t11-/m0/s1. The summed E-state index contributed by atoms with van der Waals surface area (Å²) in [6, 6.07) is 9.88. The summed E-state index contributed by atoms with van der Waals surface area (Å²) < 4.78 is 6.42. The number of benzene rings is 1. The van der Waals surface area contributed by atoms with Gasteiger partial charge in [-0.1, -0.05) is 23.4 Å². The molecular weight excluding hydrogens is 360 g/mol. The van der Waals surface area contributed by atoms with Crippen LogP contribution in [-0.4, -0.2) is 30.8 Å². The van der Waals surface area contributed by atoms with Gasteiger partial charge in [-0.2, -0.15) is 10.1 Å². The normalized spacial score (nSPS) is 12.1. The van der Waals surface area contributed by atoms with Crippen LogP contribution >= 0.6 is 0 Å². The molecule has 1 aromatic carbocycles. The summed E-state index contributed by atoms with van der Waals surface area (Å²) in [5.74, 6) is 0.191. The zero-order valence-electron chi connectivity index (χ0n) is 15.2. The van der Waals surface area contributed by atoms with Gasteiger partial charge in [-0.15, -0.1) is 0 Å². The summed E-state index contributed by atoms with van der Waals surface area (Å²) >= 11 is 0. The number of rotatable bonds is 4. The number of pyridine rings is 1. The first-order chi connectivity index (χ1) is 13.5. The summed E-state index contributed by atoms with van der Waals surface area (Å²) in [6.07, 6.45) is 3.27. The summed E-state index contributed by atoms with van der Waals surface area (Å²) in [5.41, 5.74) is 0.594. The fourth-order valence-corrected chi connectivity index (χ4v) is 2.82. The molecule has 3 aromatic heterocycles. The van der Waals surface area contributed by atoms with Crippen molar-refractivity contribution in [2.75, 3.05) is 0 Å². The fourth-order valence-electron chi connectivity index (χ4n) is 2.82. The first-order valence-electron chi connectivity index (χ1n) is 8.55. The van der Waals surface area contributed by atoms with E-state index in [-0.39, 0.29) is 17.1 Å². The quantitative estimate of drug-likeness (QED) is 0.578. The smallest absolute Gasteiger partial charge is 0.274 e. The van der Waals surface area contributed by atoms with Crippen molar-refractivity contribution < 1.29 is 9.32 Å². The third-order valence-corrected chi connectivity index (χ3v) is 4.25. The largest absolute Gasteiger partial charge is 0.339 e. The Kier molecular flexibility index (Phi) is 4.40. The molecule has 0 radical (unpaired) electrons. The lowest BCUT2D eigenvalue weighted by Gasteiger charge is -2.11. The molecule has 1 atom stereocenters. The van der Waals surface area contributed by atoms with E-state index >= 15 is 0 Å². The molecule has 4 aromatic rings. The predicted molar refractivity (Wildman–Crippen MR) is 100 cm³/mol. The minimum Gasteiger partial charge on any atom is -0.339 e. The van der Waals surface area contributed by atoms with E-state index in [4.69, 9.17) is 4.52 Å². The molecule has 0 bridgehead atoms. The van der Waals surface area contributed by atoms with Crippen molar-refractivity contribution in [1.29, 1.82) is 0 Å². The average molecular weight is 376 g/mol. The van der Waals surface area contributed by atoms with Crippen molar-refractivity contribution in [3.63, 3.8) is 0 Å². The summed E-state index contributed by atoms with van der Waals surface area (Å²) in [7, 11) is 1.51. The number of fused-ring (bicyclic) bond motifs is 1. The van der Waals surface area contributed by atoms with Gasteiger partial charge >= 0.3 is 0 Å². The van der Waals surface area contributed by atoms with Gasteiger partial charge in [-0.3, -0.25) is 14.6 Å². The lowest BCUT2D eigenvalue weighted by atomic mass is 10.1. The topological polar surface area (TPSA) is 116 Å². The summed E-state index contributed by atoms with van der Waals surface area (Å²) in [5, 5.41) is 11.7. The number of hydrogen-bond donors (Lipinski definition) is 1. The molecule has 9 nitrogen and oxygen atoms in total. The molecule has 0 aliphatic rings. The molecule has 140 valence electrons. The molecule has 0 aliphatic carbocycles. The summed E-state index contributed by atoms with van der Waals surface area (Å²) in [4.78, 5) is 33.3. The van der Waals surface area contributed by atoms with Gasteiger partial charge in [0.15, 0.2) is 5.69 Å². The molecule has 28 heavy (non-hydrogen) atoms. The maximum atomic E-state index is 12.8. The lowest BCUT2D eigenvalue weighted by molar-refractivity contribution is 0.0927. The molecule has 3 heterocycles. The molecule has 0 saturated heterocycles. The molecule has 0 saturated carbocycles. The number of amides is 1. The number of nitrogens with zero attached hydrogens (tertiary/aromatic N) is 5. The second-order valence-corrected chi connectivity index (χ2v) is 6.22. The van der Waals surface area contributed by atoms with Crippen molar-refractivity contribution in [3.8, 4) is 11.4 Å². The Morgan fingerprint density at radius 1 is 1.18 bits per heavy atom. The lowest BCUT2D eigenvalue weighted by Crippen LogP contribution is -2.31. The van der Waals surface area contributed by atoms with Crippen molar-refractivity contribution in [3.05, 3.63) is 70.7 Å². The van der Waals surface area contributed by atoms with E-state index in [0.717, 1.165) is 4.68 Å². The molecule has 0 aliphatic heterocycles. The molecular formula is C19H16N6O3. The molecule has 0 fully saturated rings. The third kappa shape index (κ3) is 3.13. The summed E-state index contributed by atoms with van der Waals surface area (Å²) in [6.45, 7) is 1.72. The fraction of sp³-hybridized carbons (Fsp3) is 0.158. The van der Waals surface area contributed by atoms with Gasteiger partial charge in [0, 0.05) is 30.4 Å². The van der Waals surface area contributed by atoms with E-state index in [2.05, 4.69) is 25.5 Å². The Morgan fingerprint density at radius 2 is 1.96 bits per heavy atom. The van der Waals surface area contributed by atoms with Crippen LogP contribution in [-0.2, 0) is 7.05 Å². The maximum Gasteiger partial charge on any atom is 0.274 e. The zero-order chi connectivity index (χ0) is 19.7. The number of carbonyl (C=O) groups is 1. The highest BCUT2D eigenvalue weighted by molar-refractivity contribution is 6.04. The minimum atomic E-state index is -0.553. The Morgan fingerprint density at radius 3 is 2.71 bits per heavy atom. The maximum absolute atomic E-state index is 12.8. The van der Waals surface area contributed by atoms with Crippen LogP contribution < -0.4 is 10.9 Å². The number of aromatic nitrogens is 5. The van der Waals surface area contributed by atoms with Gasteiger partial charge in [0.1, 0.15) is 6.04 Å². The number of aryl methyl sites for hydroxylation is 1. The Balaban J connectivity index is 1.61. The van der Waals surface area contributed by atoms with E-state index in [1.165, 1.54) is 7.05 Å². The van der Waals surface area contributed by atoms with E-state index in [9.17, 15) is 9.59 Å². The third-order valence-electron chi connectivity index (χ3n) is 4.25. The van der Waals surface area contributed by atoms with Gasteiger partial charge in [0.2, 0.25) is 11.7 Å². The molecule has 9 heteroatoms. The monoisotopic (exact) mass is 376 g/mol. The molecule has 1 amide bonds. The van der Waals surface area contributed by atoms with Gasteiger partial charge in [-0.05, 0) is 25.1 Å². The average Bonchev–Trinajstić information content (AvgIpc) is 3.22. The number of carbonyl (C=O) groups excluding carboxylic acids is 1. The van der Waals surface area contributed by atoms with E-state index in [1.54, 1.807) is 49.6 Å². The molecule has 0 unspecified atom stereocenters. The Labute approximate surface area is 159 Å². The van der Waals surface area contributed by atoms with E-state index in [1.807, 2.05) is 6.07 Å². The van der Waals surface area contributed by atoms with Gasteiger partial charge in [0.05, 0.1) is 5.39 Å². The SMILES string of the molecule is C[C@H](NC(=O)c1nn(C)c(=O)c2ccccc12)c1nc(-c2cccnc2)no1. The second-order valence-electron chi connectivity index (χ2n) is 6.22. The van der Waals surface area contributed by atoms with Crippen LogP contribution in [0.3, 0.4) is 0 Å². The van der Waals surface area contributed by atoms with Crippen LogP contribution in [0.2, 0.25) is 0 Å². The van der Waals surface area contributed by atoms with Crippen molar-refractivity contribution in [1.82, 2.24) is 30.2 Å².